The van der Waals surface area contributed by atoms with Gasteiger partial charge in [0.05, 0.1) is 0 Å². The number of hydrogen-bond donors (Lipinski definition) is 0. The van der Waals surface area contributed by atoms with Gasteiger partial charge in [0.1, 0.15) is 11.2 Å². The average molecular weight is 576 g/mol. The van der Waals surface area contributed by atoms with E-state index in [-0.39, 0.29) is 0 Å². The summed E-state index contributed by atoms with van der Waals surface area (Å²) >= 11 is 3.89. The Labute approximate surface area is 240 Å². The molecule has 2 heteroatoms. The summed E-state index contributed by atoms with van der Waals surface area (Å²) in [5, 5.41) is 7.26. The Bertz CT molecular complexity index is 2180. The summed E-state index contributed by atoms with van der Waals surface area (Å²) in [6.45, 7) is 0. The van der Waals surface area contributed by atoms with E-state index in [4.69, 9.17) is 4.42 Å². The molecule has 0 saturated heterocycles. The Morgan fingerprint density at radius 2 is 0.900 bits per heavy atom. The fraction of sp³-hybridized carbons (Fsp3) is 0. The fourth-order valence-corrected chi connectivity index (χ4v) is 6.81. The number of halogens is 1. The van der Waals surface area contributed by atoms with E-state index in [1.54, 1.807) is 0 Å². The van der Waals surface area contributed by atoms with Gasteiger partial charge in [0.25, 0.3) is 0 Å². The zero-order chi connectivity index (χ0) is 26.6. The van der Waals surface area contributed by atoms with Crippen molar-refractivity contribution in [1.82, 2.24) is 0 Å². The lowest BCUT2D eigenvalue weighted by Crippen LogP contribution is -1.88. The van der Waals surface area contributed by atoms with Crippen molar-refractivity contribution in [2.24, 2.45) is 0 Å². The molecule has 0 bridgehead atoms. The molecule has 0 aliphatic carbocycles. The molecule has 7 aromatic carbocycles. The van der Waals surface area contributed by atoms with Crippen LogP contribution in [0.4, 0.5) is 0 Å². The lowest BCUT2D eigenvalue weighted by atomic mass is 9.90. The molecule has 0 atom stereocenters. The van der Waals surface area contributed by atoms with Crippen molar-refractivity contribution in [2.75, 3.05) is 0 Å². The van der Waals surface area contributed by atoms with Gasteiger partial charge in [0.15, 0.2) is 0 Å². The van der Waals surface area contributed by atoms with Crippen LogP contribution >= 0.6 is 15.9 Å². The first-order chi connectivity index (χ1) is 19.8. The van der Waals surface area contributed by atoms with Crippen LogP contribution in [0.25, 0.3) is 76.9 Å². The van der Waals surface area contributed by atoms with Gasteiger partial charge in [-0.15, -0.1) is 0 Å². The SMILES string of the molecule is Brc1c2ccccc2c(-c2cccc(-c3cccc(-c4cccc5oc6ccccc6c45)c3)c2)c2ccccc12. The normalized spacial score (nSPS) is 11.6. The molecule has 0 saturated carbocycles. The molecular formula is C38H23BrO. The van der Waals surface area contributed by atoms with Gasteiger partial charge in [-0.1, -0.05) is 115 Å². The van der Waals surface area contributed by atoms with E-state index < -0.39 is 0 Å². The van der Waals surface area contributed by atoms with E-state index in [1.807, 2.05) is 12.1 Å². The summed E-state index contributed by atoms with van der Waals surface area (Å²) in [6.07, 6.45) is 0. The van der Waals surface area contributed by atoms with E-state index in [9.17, 15) is 0 Å². The van der Waals surface area contributed by atoms with Gasteiger partial charge < -0.3 is 4.42 Å². The zero-order valence-electron chi connectivity index (χ0n) is 21.6. The Morgan fingerprint density at radius 1 is 0.400 bits per heavy atom. The molecule has 8 aromatic rings. The molecule has 0 unspecified atom stereocenters. The fourth-order valence-electron chi connectivity index (χ4n) is 6.12. The summed E-state index contributed by atoms with van der Waals surface area (Å²) in [6, 6.07) is 49.7. The van der Waals surface area contributed by atoms with Gasteiger partial charge in [-0.25, -0.2) is 0 Å². The molecule has 0 radical (unpaired) electrons. The molecule has 1 aromatic heterocycles. The lowest BCUT2D eigenvalue weighted by Gasteiger charge is -2.15. The molecule has 188 valence electrons. The Balaban J connectivity index is 1.31. The second kappa shape index (κ2) is 9.22. The third-order valence-corrected chi connectivity index (χ3v) is 8.78. The van der Waals surface area contributed by atoms with Crippen LogP contribution in [0.1, 0.15) is 0 Å². The maximum absolute atomic E-state index is 6.17. The smallest absolute Gasteiger partial charge is 0.136 e. The summed E-state index contributed by atoms with van der Waals surface area (Å²) in [5.74, 6) is 0. The topological polar surface area (TPSA) is 13.1 Å². The van der Waals surface area contributed by atoms with Gasteiger partial charge in [-0.2, -0.15) is 0 Å². The minimum absolute atomic E-state index is 0.917. The quantitative estimate of drug-likeness (QED) is 0.191. The lowest BCUT2D eigenvalue weighted by molar-refractivity contribution is 0.669. The molecule has 0 spiro atoms. The van der Waals surface area contributed by atoms with Crippen LogP contribution in [0.5, 0.6) is 0 Å². The van der Waals surface area contributed by atoms with E-state index in [2.05, 4.69) is 143 Å². The van der Waals surface area contributed by atoms with E-state index in [0.29, 0.717) is 0 Å². The molecule has 40 heavy (non-hydrogen) atoms. The monoisotopic (exact) mass is 574 g/mol. The van der Waals surface area contributed by atoms with Crippen molar-refractivity contribution in [2.45, 2.75) is 0 Å². The Kier molecular flexibility index (Phi) is 5.36. The third kappa shape index (κ3) is 3.61. The van der Waals surface area contributed by atoms with Crippen LogP contribution in [0.3, 0.4) is 0 Å². The Hall–Kier alpha value is -4.66. The molecule has 0 aliphatic heterocycles. The molecule has 1 nitrogen and oxygen atoms in total. The molecular weight excluding hydrogens is 552 g/mol. The van der Waals surface area contributed by atoms with E-state index in [1.165, 1.54) is 54.9 Å². The predicted octanol–water partition coefficient (Wildman–Crippen LogP) is 11.7. The van der Waals surface area contributed by atoms with Gasteiger partial charge in [-0.05, 0) is 95.1 Å². The summed E-state index contributed by atoms with van der Waals surface area (Å²) < 4.78 is 7.32. The van der Waals surface area contributed by atoms with Gasteiger partial charge in [0, 0.05) is 15.2 Å². The number of hydrogen-bond acceptors (Lipinski definition) is 1. The minimum atomic E-state index is 0.917. The summed E-state index contributed by atoms with van der Waals surface area (Å²) in [7, 11) is 0. The van der Waals surface area contributed by atoms with E-state index >= 15 is 0 Å². The van der Waals surface area contributed by atoms with Crippen molar-refractivity contribution in [3.05, 3.63) is 144 Å². The molecule has 0 N–H and O–H groups in total. The second-order valence-corrected chi connectivity index (χ2v) is 11.0. The number of para-hydroxylation sites is 1. The van der Waals surface area contributed by atoms with Crippen molar-refractivity contribution in [1.29, 1.82) is 0 Å². The largest absolute Gasteiger partial charge is 0.456 e. The molecule has 0 aliphatic rings. The first kappa shape index (κ1) is 23.2. The maximum Gasteiger partial charge on any atom is 0.136 e. The van der Waals surface area contributed by atoms with Crippen molar-refractivity contribution in [3.63, 3.8) is 0 Å². The number of fused-ring (bicyclic) bond motifs is 5. The Morgan fingerprint density at radius 3 is 1.60 bits per heavy atom. The summed E-state index contributed by atoms with van der Waals surface area (Å²) in [4.78, 5) is 0. The predicted molar refractivity (Wildman–Crippen MR) is 173 cm³/mol. The third-order valence-electron chi connectivity index (χ3n) is 7.93. The first-order valence-corrected chi connectivity index (χ1v) is 14.3. The maximum atomic E-state index is 6.17. The van der Waals surface area contributed by atoms with Gasteiger partial charge in [0.2, 0.25) is 0 Å². The zero-order valence-corrected chi connectivity index (χ0v) is 23.2. The second-order valence-electron chi connectivity index (χ2n) is 10.2. The van der Waals surface area contributed by atoms with Crippen LogP contribution in [-0.4, -0.2) is 0 Å². The van der Waals surface area contributed by atoms with Crippen molar-refractivity contribution in [3.8, 4) is 33.4 Å². The first-order valence-electron chi connectivity index (χ1n) is 13.5. The van der Waals surface area contributed by atoms with Crippen molar-refractivity contribution < 1.29 is 4.42 Å². The number of benzene rings is 7. The van der Waals surface area contributed by atoms with Gasteiger partial charge >= 0.3 is 0 Å². The van der Waals surface area contributed by atoms with Crippen LogP contribution in [0, 0.1) is 0 Å². The van der Waals surface area contributed by atoms with Crippen LogP contribution in [0.2, 0.25) is 0 Å². The van der Waals surface area contributed by atoms with E-state index in [0.717, 1.165) is 26.4 Å². The van der Waals surface area contributed by atoms with Crippen LogP contribution in [-0.2, 0) is 0 Å². The molecule has 1 heterocycles. The molecule has 8 rings (SSSR count). The number of rotatable bonds is 3. The van der Waals surface area contributed by atoms with Gasteiger partial charge in [-0.3, -0.25) is 0 Å². The standard InChI is InChI=1S/C38H23BrO/c39-38-31-16-3-1-14-29(31)36(30-15-2-4-17-32(30)38)27-13-8-11-25(23-27)24-10-7-12-26(22-24)28-19-9-21-35-37(28)33-18-5-6-20-34(33)40-35/h1-23H. The van der Waals surface area contributed by atoms with Crippen LogP contribution in [0.15, 0.2) is 148 Å². The van der Waals surface area contributed by atoms with Crippen molar-refractivity contribution >= 4 is 59.4 Å². The highest BCUT2D eigenvalue weighted by molar-refractivity contribution is 9.10. The highest BCUT2D eigenvalue weighted by atomic mass is 79.9. The average Bonchev–Trinajstić information content (AvgIpc) is 3.41. The highest BCUT2D eigenvalue weighted by Crippen LogP contribution is 2.43. The summed E-state index contributed by atoms with van der Waals surface area (Å²) in [5.41, 5.74) is 9.06. The molecule has 0 fully saturated rings. The minimum Gasteiger partial charge on any atom is -0.456 e. The highest BCUT2D eigenvalue weighted by Gasteiger charge is 2.15. The van der Waals surface area contributed by atoms with Crippen LogP contribution < -0.4 is 0 Å². The molecule has 0 amide bonds. The number of furan rings is 1.